The van der Waals surface area contributed by atoms with E-state index in [9.17, 15) is 4.79 Å². The topological polar surface area (TPSA) is 20.3 Å². The fraction of sp³-hybridized carbons (Fsp3) is 0. The van der Waals surface area contributed by atoms with Crippen molar-refractivity contribution in [3.63, 3.8) is 0 Å². The average Bonchev–Trinajstić information content (AvgIpc) is 3.08. The zero-order valence-corrected chi connectivity index (χ0v) is 33.5. The van der Waals surface area contributed by atoms with E-state index in [1.807, 2.05) is 0 Å². The fourth-order valence-electron chi connectivity index (χ4n) is 4.71. The van der Waals surface area contributed by atoms with Gasteiger partial charge in [-0.2, -0.15) is 0 Å². The predicted molar refractivity (Wildman–Crippen MR) is 209 cm³/mol. The first-order chi connectivity index (χ1) is 22.6. The van der Waals surface area contributed by atoms with Crippen molar-refractivity contribution in [1.29, 1.82) is 0 Å². The van der Waals surface area contributed by atoms with Crippen LogP contribution in [-0.4, -0.2) is 5.91 Å². The summed E-state index contributed by atoms with van der Waals surface area (Å²) < 4.78 is 0. The van der Waals surface area contributed by atoms with Gasteiger partial charge in [-0.05, 0) is 24.3 Å². The number of hydrogen-bond acceptors (Lipinski definition) is 1. The SMILES string of the molecule is O=C(c1c(Cl)c(Cl)c([C](c2c(Cl)c(Cl)c(Cl)c(Cl)c2Cl)c2c(Cl)c(Cl)c(Cl)c(Cl)c2Cl)c(Cl)c1Cl)N(c1ccccc1)c1ccccc1. The molecule has 5 rings (SSSR count). The third-order valence-electron chi connectivity index (χ3n) is 6.88. The highest BCUT2D eigenvalue weighted by atomic mass is 35.5. The molecule has 0 bridgehead atoms. The minimum Gasteiger partial charge on any atom is -0.277 e. The molecule has 5 aromatic carbocycles. The predicted octanol–water partition coefficient (Wildman–Crippen LogP) is 16.8. The number of carbonyl (C=O) groups is 1. The number of anilines is 2. The summed E-state index contributed by atoms with van der Waals surface area (Å²) in [6.07, 6.45) is 0. The van der Waals surface area contributed by atoms with Gasteiger partial charge in [-0.25, -0.2) is 0 Å². The molecule has 0 aliphatic heterocycles. The van der Waals surface area contributed by atoms with Crippen molar-refractivity contribution in [2.24, 2.45) is 0 Å². The zero-order chi connectivity index (χ0) is 35.4. The Kier molecular flexibility index (Phi) is 12.7. The molecule has 0 aliphatic rings. The number of para-hydroxylation sites is 2. The Hall–Kier alpha value is -0.370. The molecule has 0 fully saturated rings. The van der Waals surface area contributed by atoms with Crippen LogP contribution in [0.1, 0.15) is 27.0 Å². The Labute approximate surface area is 345 Å². The van der Waals surface area contributed by atoms with Crippen LogP contribution >= 0.6 is 162 Å². The number of hydrogen-bond donors (Lipinski definition) is 0. The molecule has 247 valence electrons. The van der Waals surface area contributed by atoms with Gasteiger partial charge in [0.25, 0.3) is 5.91 Å². The van der Waals surface area contributed by atoms with Crippen molar-refractivity contribution in [2.75, 3.05) is 4.90 Å². The van der Waals surface area contributed by atoms with Gasteiger partial charge in [0.2, 0.25) is 0 Å². The van der Waals surface area contributed by atoms with Gasteiger partial charge in [0.1, 0.15) is 0 Å². The summed E-state index contributed by atoms with van der Waals surface area (Å²) >= 11 is 93.4. The Balaban J connectivity index is 1.88. The molecule has 48 heavy (non-hydrogen) atoms. The summed E-state index contributed by atoms with van der Waals surface area (Å²) in [6, 6.07) is 17.6. The van der Waals surface area contributed by atoms with Crippen molar-refractivity contribution in [2.45, 2.75) is 0 Å². The summed E-state index contributed by atoms with van der Waals surface area (Å²) in [5, 5.41) is -3.21. The minimum absolute atomic E-state index is 0.110. The summed E-state index contributed by atoms with van der Waals surface area (Å²) in [5.41, 5.74) is 0.391. The van der Waals surface area contributed by atoms with E-state index < -0.39 is 5.91 Å². The van der Waals surface area contributed by atoms with Gasteiger partial charge in [0.05, 0.1) is 81.8 Å². The number of rotatable bonds is 6. The van der Waals surface area contributed by atoms with Crippen molar-refractivity contribution in [3.05, 3.63) is 159 Å². The van der Waals surface area contributed by atoms with Crippen LogP contribution in [0.25, 0.3) is 0 Å². The monoisotopic (exact) mass is 914 g/mol. The van der Waals surface area contributed by atoms with Crippen molar-refractivity contribution < 1.29 is 4.79 Å². The lowest BCUT2D eigenvalue weighted by Crippen LogP contribution is -2.27. The van der Waals surface area contributed by atoms with E-state index in [2.05, 4.69) is 0 Å². The molecular formula is C32H10Cl14NO. The highest BCUT2D eigenvalue weighted by Gasteiger charge is 2.39. The van der Waals surface area contributed by atoms with Gasteiger partial charge in [-0.1, -0.05) is 199 Å². The van der Waals surface area contributed by atoms with Crippen LogP contribution in [-0.2, 0) is 0 Å². The van der Waals surface area contributed by atoms with E-state index in [0.29, 0.717) is 11.4 Å². The standard InChI is InChI=1S/C32H10Cl14NO/c33-18-14(13(15-20(35)26(41)30(45)27(42)21(15)36)16-22(37)28(43)31(46)29(44)23(16)38)19(34)25(40)17(24(18)39)32(48)47(11-7-3-1-4-8-11)12-9-5-2-6-10-12/h1-10H. The zero-order valence-electron chi connectivity index (χ0n) is 22.9. The third-order valence-corrected chi connectivity index (χ3v) is 13.1. The Morgan fingerprint density at radius 1 is 0.333 bits per heavy atom. The van der Waals surface area contributed by atoms with Crippen molar-refractivity contribution >= 4 is 180 Å². The second kappa shape index (κ2) is 15.7. The fourth-order valence-corrected chi connectivity index (χ4v) is 8.57. The summed E-state index contributed by atoms with van der Waals surface area (Å²) in [7, 11) is 0. The van der Waals surface area contributed by atoms with E-state index in [0.717, 1.165) is 0 Å². The first-order valence-corrected chi connectivity index (χ1v) is 18.1. The maximum Gasteiger partial charge on any atom is 0.265 e. The molecule has 1 amide bonds. The van der Waals surface area contributed by atoms with Crippen LogP contribution < -0.4 is 4.90 Å². The summed E-state index contributed by atoms with van der Waals surface area (Å²) in [6.45, 7) is 0. The van der Waals surface area contributed by atoms with Crippen LogP contribution in [0, 0.1) is 5.92 Å². The maximum absolute atomic E-state index is 14.4. The van der Waals surface area contributed by atoms with Gasteiger partial charge in [0.15, 0.2) is 0 Å². The number of amides is 1. The normalized spacial score (nSPS) is 11.4. The molecule has 2 nitrogen and oxygen atoms in total. The highest BCUT2D eigenvalue weighted by Crippen LogP contribution is 2.58. The van der Waals surface area contributed by atoms with Gasteiger partial charge in [-0.15, -0.1) is 0 Å². The lowest BCUT2D eigenvalue weighted by molar-refractivity contribution is 0.0999. The Bertz CT molecular complexity index is 1910. The smallest absolute Gasteiger partial charge is 0.265 e. The first-order valence-electron chi connectivity index (χ1n) is 12.8. The minimum atomic E-state index is -0.665. The van der Waals surface area contributed by atoms with E-state index >= 15 is 0 Å². The first kappa shape index (κ1) is 38.9. The highest BCUT2D eigenvalue weighted by molar-refractivity contribution is 6.58. The molecule has 0 unspecified atom stereocenters. The number of nitrogens with zero attached hydrogens (tertiary/aromatic N) is 1. The molecule has 0 saturated heterocycles. The van der Waals surface area contributed by atoms with E-state index in [1.165, 1.54) is 4.90 Å². The second-order valence-electron chi connectivity index (χ2n) is 9.58. The molecule has 0 spiro atoms. The second-order valence-corrected chi connectivity index (χ2v) is 14.9. The number of halogens is 14. The van der Waals surface area contributed by atoms with Crippen LogP contribution in [0.2, 0.25) is 70.3 Å². The molecule has 5 aromatic rings. The third kappa shape index (κ3) is 6.80. The van der Waals surface area contributed by atoms with Gasteiger partial charge in [0, 0.05) is 28.1 Å². The molecule has 0 aliphatic carbocycles. The van der Waals surface area contributed by atoms with Crippen molar-refractivity contribution in [3.8, 4) is 0 Å². The molecule has 1 radical (unpaired) electrons. The van der Waals surface area contributed by atoms with Crippen LogP contribution in [0.15, 0.2) is 60.7 Å². The van der Waals surface area contributed by atoms with Crippen LogP contribution in [0.3, 0.4) is 0 Å². The molecule has 0 aromatic heterocycles. The Morgan fingerprint density at radius 3 is 0.854 bits per heavy atom. The van der Waals surface area contributed by atoms with E-state index in [4.69, 9.17) is 162 Å². The van der Waals surface area contributed by atoms with E-state index in [-0.39, 0.29) is 98.5 Å². The molecular weight excluding hydrogens is 911 g/mol. The summed E-state index contributed by atoms with van der Waals surface area (Å²) in [4.78, 5) is 15.8. The van der Waals surface area contributed by atoms with Crippen LogP contribution in [0.5, 0.6) is 0 Å². The Morgan fingerprint density at radius 2 is 0.562 bits per heavy atom. The molecule has 0 saturated carbocycles. The van der Waals surface area contributed by atoms with Crippen molar-refractivity contribution in [1.82, 2.24) is 0 Å². The average molecular weight is 921 g/mol. The lowest BCUT2D eigenvalue weighted by Gasteiger charge is -2.29. The van der Waals surface area contributed by atoms with E-state index in [1.54, 1.807) is 60.7 Å². The summed E-state index contributed by atoms with van der Waals surface area (Å²) in [5.74, 6) is -0.789. The maximum atomic E-state index is 14.4. The quantitative estimate of drug-likeness (QED) is 0.0944. The lowest BCUT2D eigenvalue weighted by atomic mass is 9.84. The molecule has 0 N–H and O–H groups in total. The van der Waals surface area contributed by atoms with Gasteiger partial charge >= 0.3 is 0 Å². The molecule has 0 heterocycles. The van der Waals surface area contributed by atoms with Gasteiger partial charge < -0.3 is 0 Å². The molecule has 0 atom stereocenters. The van der Waals surface area contributed by atoms with Gasteiger partial charge in [-0.3, -0.25) is 9.69 Å². The molecule has 16 heteroatoms. The van der Waals surface area contributed by atoms with Crippen LogP contribution in [0.4, 0.5) is 11.4 Å². The largest absolute Gasteiger partial charge is 0.277 e. The number of benzene rings is 5. The number of carbonyl (C=O) groups excluding carboxylic acids is 1.